The number of thiazole rings is 1. The van der Waals surface area contributed by atoms with Gasteiger partial charge in [-0.3, -0.25) is 4.79 Å². The summed E-state index contributed by atoms with van der Waals surface area (Å²) in [5, 5.41) is 3.43. The Balaban J connectivity index is 0.00000176. The van der Waals surface area contributed by atoms with Crippen molar-refractivity contribution in [2.75, 3.05) is 5.32 Å². The van der Waals surface area contributed by atoms with E-state index in [0.29, 0.717) is 5.13 Å². The lowest BCUT2D eigenvalue weighted by Gasteiger charge is -2.06. The van der Waals surface area contributed by atoms with E-state index in [1.54, 1.807) is 0 Å². The zero-order valence-electron chi connectivity index (χ0n) is 12.1. The van der Waals surface area contributed by atoms with Crippen LogP contribution in [0.4, 0.5) is 5.13 Å². The van der Waals surface area contributed by atoms with Crippen LogP contribution in [-0.4, -0.2) is 16.4 Å². The van der Waals surface area contributed by atoms with Crippen molar-refractivity contribution in [3.05, 3.63) is 44.9 Å². The van der Waals surface area contributed by atoms with Gasteiger partial charge >= 0.3 is 0 Å². The summed E-state index contributed by atoms with van der Waals surface area (Å²) in [6.07, 6.45) is 4.15. The fourth-order valence-corrected chi connectivity index (χ4v) is 3.14. The maximum atomic E-state index is 11.9. The Hall–Kier alpha value is -0.950. The number of anilines is 1. The molecule has 0 radical (unpaired) electrons. The van der Waals surface area contributed by atoms with Gasteiger partial charge in [-0.2, -0.15) is 0 Å². The molecule has 1 aliphatic carbocycles. The lowest BCUT2D eigenvalue weighted by Crippen LogP contribution is -2.37. The quantitative estimate of drug-likeness (QED) is 0.820. The highest BCUT2D eigenvalue weighted by Crippen LogP contribution is 2.34. The van der Waals surface area contributed by atoms with Gasteiger partial charge < -0.3 is 11.1 Å². The van der Waals surface area contributed by atoms with E-state index in [9.17, 15) is 4.79 Å². The van der Waals surface area contributed by atoms with Crippen LogP contribution < -0.4 is 11.1 Å². The van der Waals surface area contributed by atoms with Crippen LogP contribution in [0.15, 0.2) is 28.9 Å². The molecule has 118 valence electrons. The van der Waals surface area contributed by atoms with Gasteiger partial charge in [0.05, 0.1) is 5.54 Å². The minimum Gasteiger partial charge on any atom is -0.317 e. The molecular weight excluding hydrogens is 386 g/mol. The first-order valence-corrected chi connectivity index (χ1v) is 8.37. The van der Waals surface area contributed by atoms with Crippen molar-refractivity contribution in [2.45, 2.75) is 31.7 Å². The molecule has 0 unspecified atom stereocenters. The highest BCUT2D eigenvalue weighted by molar-refractivity contribution is 9.10. The topological polar surface area (TPSA) is 68.0 Å². The largest absolute Gasteiger partial charge is 0.317 e. The van der Waals surface area contributed by atoms with E-state index < -0.39 is 5.54 Å². The lowest BCUT2D eigenvalue weighted by atomic mass is 10.1. The van der Waals surface area contributed by atoms with E-state index in [1.165, 1.54) is 22.5 Å². The fourth-order valence-electron chi connectivity index (χ4n) is 2.05. The molecule has 1 aliphatic rings. The number of hydrogen-bond donors (Lipinski definition) is 2. The van der Waals surface area contributed by atoms with Crippen molar-refractivity contribution < 1.29 is 4.79 Å². The maximum absolute atomic E-state index is 11.9. The molecule has 2 aromatic rings. The molecule has 4 nitrogen and oxygen atoms in total. The van der Waals surface area contributed by atoms with Gasteiger partial charge in [0, 0.05) is 22.0 Å². The fraction of sp³-hybridized carbons (Fsp3) is 0.333. The van der Waals surface area contributed by atoms with Crippen LogP contribution in [0.2, 0.25) is 0 Å². The molecule has 0 saturated heterocycles. The zero-order chi connectivity index (χ0) is 15.0. The van der Waals surface area contributed by atoms with Gasteiger partial charge in [0.15, 0.2) is 5.13 Å². The van der Waals surface area contributed by atoms with Crippen molar-refractivity contribution in [1.82, 2.24) is 4.98 Å². The van der Waals surface area contributed by atoms with E-state index in [4.69, 9.17) is 5.73 Å². The summed E-state index contributed by atoms with van der Waals surface area (Å²) in [5.41, 5.74) is 7.64. The summed E-state index contributed by atoms with van der Waals surface area (Å²) in [7, 11) is 0. The van der Waals surface area contributed by atoms with Crippen LogP contribution in [0.25, 0.3) is 0 Å². The number of aromatic nitrogens is 1. The number of nitrogens with zero attached hydrogens (tertiary/aromatic N) is 1. The van der Waals surface area contributed by atoms with Gasteiger partial charge in [-0.1, -0.05) is 28.1 Å². The normalized spacial score (nSPS) is 15.0. The molecule has 1 heterocycles. The Morgan fingerprint density at radius 3 is 2.86 bits per heavy atom. The number of benzene rings is 1. The summed E-state index contributed by atoms with van der Waals surface area (Å²) < 4.78 is 1.11. The first kappa shape index (κ1) is 17.4. The molecule has 0 atom stereocenters. The molecular formula is C15H17BrClN3OS. The SMILES string of the molecule is Cc1cc(Cc2cnc(NC(=O)C3(N)CC3)s2)ccc1Br.Cl. The summed E-state index contributed by atoms with van der Waals surface area (Å²) in [6.45, 7) is 2.07. The minimum absolute atomic E-state index is 0. The molecule has 1 aromatic heterocycles. The van der Waals surface area contributed by atoms with Crippen molar-refractivity contribution >= 4 is 50.7 Å². The van der Waals surface area contributed by atoms with E-state index in [0.717, 1.165) is 28.6 Å². The number of rotatable bonds is 4. The van der Waals surface area contributed by atoms with E-state index in [1.807, 2.05) is 6.20 Å². The van der Waals surface area contributed by atoms with Gasteiger partial charge in [0.25, 0.3) is 0 Å². The smallest absolute Gasteiger partial charge is 0.246 e. The van der Waals surface area contributed by atoms with Crippen molar-refractivity contribution in [3.63, 3.8) is 0 Å². The second-order valence-electron chi connectivity index (χ2n) is 5.50. The van der Waals surface area contributed by atoms with Crippen LogP contribution in [0.5, 0.6) is 0 Å². The predicted molar refractivity (Wildman–Crippen MR) is 95.8 cm³/mol. The van der Waals surface area contributed by atoms with Crippen LogP contribution >= 0.6 is 39.7 Å². The molecule has 0 bridgehead atoms. The molecule has 1 fully saturated rings. The van der Waals surface area contributed by atoms with Crippen molar-refractivity contribution in [1.29, 1.82) is 0 Å². The highest BCUT2D eigenvalue weighted by atomic mass is 79.9. The van der Waals surface area contributed by atoms with Gasteiger partial charge in [-0.25, -0.2) is 4.98 Å². The Morgan fingerprint density at radius 1 is 1.50 bits per heavy atom. The third kappa shape index (κ3) is 3.87. The van der Waals surface area contributed by atoms with E-state index >= 15 is 0 Å². The second-order valence-corrected chi connectivity index (χ2v) is 7.47. The van der Waals surface area contributed by atoms with Gasteiger partial charge in [0.1, 0.15) is 0 Å². The number of aryl methyl sites for hydroxylation is 1. The summed E-state index contributed by atoms with van der Waals surface area (Å²) in [5.74, 6) is -0.122. The summed E-state index contributed by atoms with van der Waals surface area (Å²) in [4.78, 5) is 17.2. The van der Waals surface area contributed by atoms with Crippen molar-refractivity contribution in [2.24, 2.45) is 5.73 Å². The van der Waals surface area contributed by atoms with Crippen LogP contribution in [-0.2, 0) is 11.2 Å². The monoisotopic (exact) mass is 401 g/mol. The van der Waals surface area contributed by atoms with Crippen LogP contribution in [0.1, 0.15) is 28.8 Å². The Bertz CT molecular complexity index is 700. The second kappa shape index (κ2) is 6.66. The molecule has 0 aliphatic heterocycles. The third-order valence-corrected chi connectivity index (χ3v) is 5.42. The van der Waals surface area contributed by atoms with Gasteiger partial charge in [-0.15, -0.1) is 23.7 Å². The number of hydrogen-bond acceptors (Lipinski definition) is 4. The Kier molecular flexibility index (Phi) is 5.27. The minimum atomic E-state index is -0.658. The summed E-state index contributed by atoms with van der Waals surface area (Å²) >= 11 is 5.00. The number of carbonyl (C=O) groups is 1. The first-order chi connectivity index (χ1) is 9.96. The number of carbonyl (C=O) groups excluding carboxylic acids is 1. The Morgan fingerprint density at radius 2 is 2.23 bits per heavy atom. The molecule has 1 aromatic carbocycles. The molecule has 22 heavy (non-hydrogen) atoms. The number of halogens is 2. The third-order valence-electron chi connectivity index (χ3n) is 3.62. The Labute approximate surface area is 148 Å². The van der Waals surface area contributed by atoms with E-state index in [2.05, 4.69) is 51.4 Å². The maximum Gasteiger partial charge on any atom is 0.246 e. The van der Waals surface area contributed by atoms with Crippen LogP contribution in [0.3, 0.4) is 0 Å². The number of nitrogens with one attached hydrogen (secondary N) is 1. The number of amides is 1. The molecule has 0 spiro atoms. The standard InChI is InChI=1S/C15H16BrN3OS.ClH/c1-9-6-10(2-3-12(9)16)7-11-8-18-14(21-11)19-13(20)15(17)4-5-15;/h2-3,6,8H,4-5,7,17H2,1H3,(H,18,19,20);1H. The van der Waals surface area contributed by atoms with Gasteiger partial charge in [-0.05, 0) is 37.0 Å². The zero-order valence-corrected chi connectivity index (χ0v) is 15.3. The van der Waals surface area contributed by atoms with E-state index in [-0.39, 0.29) is 18.3 Å². The average Bonchev–Trinajstić information content (AvgIpc) is 3.05. The lowest BCUT2D eigenvalue weighted by molar-refractivity contribution is -0.118. The molecule has 3 N–H and O–H groups in total. The van der Waals surface area contributed by atoms with Crippen LogP contribution in [0, 0.1) is 6.92 Å². The highest BCUT2D eigenvalue weighted by Gasteiger charge is 2.46. The summed E-state index contributed by atoms with van der Waals surface area (Å²) in [6, 6.07) is 6.30. The van der Waals surface area contributed by atoms with Gasteiger partial charge in [0.2, 0.25) is 5.91 Å². The van der Waals surface area contributed by atoms with Crippen molar-refractivity contribution in [3.8, 4) is 0 Å². The predicted octanol–water partition coefficient (Wildman–Crippen LogP) is 3.66. The molecule has 1 saturated carbocycles. The average molecular weight is 403 g/mol. The molecule has 7 heteroatoms. The molecule has 1 amide bonds. The first-order valence-electron chi connectivity index (χ1n) is 6.76. The molecule has 3 rings (SSSR count). The number of nitrogens with two attached hydrogens (primary N) is 1.